The summed E-state index contributed by atoms with van der Waals surface area (Å²) < 4.78 is 11.8. The summed E-state index contributed by atoms with van der Waals surface area (Å²) in [5.74, 6) is 0. The lowest BCUT2D eigenvalue weighted by molar-refractivity contribution is 0.00578. The lowest BCUT2D eigenvalue weighted by Crippen LogP contribution is -2.41. The molecular formula is C13H18BNO3. The third kappa shape index (κ3) is 1.93. The number of anilines is 1. The first-order valence-electron chi connectivity index (χ1n) is 5.98. The Morgan fingerprint density at radius 2 is 1.72 bits per heavy atom. The minimum atomic E-state index is -0.557. The Kier molecular flexibility index (Phi) is 2.99. The van der Waals surface area contributed by atoms with Gasteiger partial charge in [-0.05, 0) is 39.2 Å². The van der Waals surface area contributed by atoms with Gasteiger partial charge in [-0.2, -0.15) is 0 Å². The number of benzene rings is 1. The highest BCUT2D eigenvalue weighted by molar-refractivity contribution is 6.63. The number of carbonyl (C=O) groups excluding carboxylic acids is 1. The maximum atomic E-state index is 11.1. The van der Waals surface area contributed by atoms with E-state index >= 15 is 0 Å². The van der Waals surface area contributed by atoms with Crippen molar-refractivity contribution in [2.45, 2.75) is 38.9 Å². The van der Waals surface area contributed by atoms with Gasteiger partial charge in [0.2, 0.25) is 0 Å². The molecule has 5 heteroatoms. The Labute approximate surface area is 108 Å². The number of nitrogens with two attached hydrogens (primary N) is 1. The normalized spacial score (nSPS) is 21.0. The Bertz CT molecular complexity index is 469. The van der Waals surface area contributed by atoms with Crippen LogP contribution in [0.15, 0.2) is 18.2 Å². The number of hydrogen-bond donors (Lipinski definition) is 1. The molecule has 96 valence electrons. The van der Waals surface area contributed by atoms with E-state index in [-0.39, 0.29) is 0 Å². The summed E-state index contributed by atoms with van der Waals surface area (Å²) in [4.78, 5) is 11.1. The topological polar surface area (TPSA) is 61.5 Å². The van der Waals surface area contributed by atoms with Gasteiger partial charge in [-0.25, -0.2) is 0 Å². The zero-order valence-corrected chi connectivity index (χ0v) is 11.2. The molecule has 0 spiro atoms. The maximum absolute atomic E-state index is 11.1. The van der Waals surface area contributed by atoms with Crippen LogP contribution < -0.4 is 11.2 Å². The highest BCUT2D eigenvalue weighted by atomic mass is 16.7. The lowest BCUT2D eigenvalue weighted by atomic mass is 9.76. The molecule has 0 unspecified atom stereocenters. The summed E-state index contributed by atoms with van der Waals surface area (Å²) in [6, 6.07) is 5.30. The van der Waals surface area contributed by atoms with Crippen molar-refractivity contribution in [3.8, 4) is 0 Å². The lowest BCUT2D eigenvalue weighted by Gasteiger charge is -2.32. The molecule has 0 bridgehead atoms. The second kappa shape index (κ2) is 4.11. The molecule has 0 aliphatic carbocycles. The fraction of sp³-hybridized carbons (Fsp3) is 0.462. The van der Waals surface area contributed by atoms with Crippen LogP contribution >= 0.6 is 0 Å². The van der Waals surface area contributed by atoms with Crippen molar-refractivity contribution < 1.29 is 14.1 Å². The molecule has 0 saturated carbocycles. The molecule has 2 rings (SSSR count). The minimum absolute atomic E-state index is 0.428. The third-order valence-electron chi connectivity index (χ3n) is 3.80. The summed E-state index contributed by atoms with van der Waals surface area (Å²) in [5, 5.41) is 0. The highest BCUT2D eigenvalue weighted by Crippen LogP contribution is 2.36. The van der Waals surface area contributed by atoms with E-state index in [1.807, 2.05) is 33.8 Å². The third-order valence-corrected chi connectivity index (χ3v) is 3.80. The molecule has 1 aliphatic heterocycles. The molecule has 1 fully saturated rings. The van der Waals surface area contributed by atoms with E-state index in [4.69, 9.17) is 15.0 Å². The Morgan fingerprint density at radius 3 is 2.22 bits per heavy atom. The van der Waals surface area contributed by atoms with Crippen LogP contribution in [0.25, 0.3) is 0 Å². The first kappa shape index (κ1) is 13.1. The smallest absolute Gasteiger partial charge is 0.399 e. The van der Waals surface area contributed by atoms with Gasteiger partial charge in [-0.3, -0.25) is 4.79 Å². The van der Waals surface area contributed by atoms with Gasteiger partial charge >= 0.3 is 7.12 Å². The van der Waals surface area contributed by atoms with Crippen LogP contribution in [-0.2, 0) is 9.31 Å². The van der Waals surface area contributed by atoms with Gasteiger partial charge in [0, 0.05) is 11.3 Å². The van der Waals surface area contributed by atoms with Gasteiger partial charge in [0.1, 0.15) is 0 Å². The molecular weight excluding hydrogens is 229 g/mol. The van der Waals surface area contributed by atoms with Crippen LogP contribution in [-0.4, -0.2) is 24.6 Å². The molecule has 1 aromatic rings. The zero-order valence-electron chi connectivity index (χ0n) is 11.2. The number of rotatable bonds is 2. The zero-order chi connectivity index (χ0) is 13.6. The minimum Gasteiger partial charge on any atom is -0.399 e. The number of aldehydes is 1. The van der Waals surface area contributed by atoms with Crippen LogP contribution in [0.2, 0.25) is 0 Å². The molecule has 4 nitrogen and oxygen atoms in total. The van der Waals surface area contributed by atoms with Gasteiger partial charge in [0.05, 0.1) is 11.2 Å². The molecule has 0 amide bonds. The van der Waals surface area contributed by atoms with Gasteiger partial charge in [-0.1, -0.05) is 12.1 Å². The van der Waals surface area contributed by atoms with E-state index in [1.54, 1.807) is 12.1 Å². The van der Waals surface area contributed by atoms with Crippen molar-refractivity contribution in [3.05, 3.63) is 23.8 Å². The second-order valence-electron chi connectivity index (χ2n) is 5.56. The first-order chi connectivity index (χ1) is 8.28. The predicted molar refractivity (Wildman–Crippen MR) is 72.0 cm³/mol. The van der Waals surface area contributed by atoms with E-state index in [0.717, 1.165) is 6.29 Å². The quantitative estimate of drug-likeness (QED) is 0.487. The number of nitrogen functional groups attached to an aromatic ring is 1. The van der Waals surface area contributed by atoms with Crippen LogP contribution in [0.5, 0.6) is 0 Å². The average Bonchev–Trinajstić information content (AvgIpc) is 2.47. The maximum Gasteiger partial charge on any atom is 0.495 e. The van der Waals surface area contributed by atoms with E-state index in [0.29, 0.717) is 16.7 Å². The standard InChI is InChI=1S/C13H18BNO3/c1-12(2)13(3,4)18-14(17-12)10-6-5-7-11(15)9(10)8-16/h5-8H,15H2,1-4H3. The number of carbonyl (C=O) groups is 1. The van der Waals surface area contributed by atoms with Crippen LogP contribution in [0, 0.1) is 0 Å². The first-order valence-corrected chi connectivity index (χ1v) is 5.98. The van der Waals surface area contributed by atoms with Crippen molar-refractivity contribution in [2.24, 2.45) is 0 Å². The van der Waals surface area contributed by atoms with Crippen molar-refractivity contribution in [1.82, 2.24) is 0 Å². The summed E-state index contributed by atoms with van der Waals surface area (Å²) in [6.45, 7) is 7.89. The van der Waals surface area contributed by atoms with Gasteiger partial charge in [0.25, 0.3) is 0 Å². The van der Waals surface area contributed by atoms with Crippen molar-refractivity contribution in [2.75, 3.05) is 5.73 Å². The largest absolute Gasteiger partial charge is 0.495 e. The van der Waals surface area contributed by atoms with Crippen molar-refractivity contribution in [1.29, 1.82) is 0 Å². The predicted octanol–water partition coefficient (Wildman–Crippen LogP) is 1.38. The monoisotopic (exact) mass is 247 g/mol. The SMILES string of the molecule is CC1(C)OB(c2cccc(N)c2C=O)OC1(C)C. The Balaban J connectivity index is 2.41. The van der Waals surface area contributed by atoms with E-state index in [2.05, 4.69) is 0 Å². The highest BCUT2D eigenvalue weighted by Gasteiger charge is 2.52. The summed E-state index contributed by atoms with van der Waals surface area (Å²) in [7, 11) is -0.557. The molecule has 2 N–H and O–H groups in total. The molecule has 18 heavy (non-hydrogen) atoms. The van der Waals surface area contributed by atoms with E-state index < -0.39 is 18.3 Å². The van der Waals surface area contributed by atoms with Gasteiger partial charge < -0.3 is 15.0 Å². The number of hydrogen-bond acceptors (Lipinski definition) is 4. The van der Waals surface area contributed by atoms with E-state index in [1.165, 1.54) is 0 Å². The molecule has 1 saturated heterocycles. The van der Waals surface area contributed by atoms with Crippen molar-refractivity contribution in [3.63, 3.8) is 0 Å². The summed E-state index contributed by atoms with van der Waals surface area (Å²) >= 11 is 0. The van der Waals surface area contributed by atoms with Gasteiger partial charge in [0.15, 0.2) is 6.29 Å². The Hall–Kier alpha value is -1.33. The molecule has 0 radical (unpaired) electrons. The van der Waals surface area contributed by atoms with Crippen molar-refractivity contribution >= 4 is 24.6 Å². The fourth-order valence-electron chi connectivity index (χ4n) is 1.91. The summed E-state index contributed by atoms with van der Waals surface area (Å²) in [6.07, 6.45) is 0.746. The summed E-state index contributed by atoms with van der Waals surface area (Å²) in [5.41, 5.74) is 6.50. The van der Waals surface area contributed by atoms with E-state index in [9.17, 15) is 4.79 Å². The molecule has 1 aliphatic rings. The fourth-order valence-corrected chi connectivity index (χ4v) is 1.91. The average molecular weight is 247 g/mol. The van der Waals surface area contributed by atoms with Gasteiger partial charge in [-0.15, -0.1) is 0 Å². The molecule has 0 aromatic heterocycles. The second-order valence-corrected chi connectivity index (χ2v) is 5.56. The van der Waals surface area contributed by atoms with Crippen LogP contribution in [0.3, 0.4) is 0 Å². The molecule has 1 heterocycles. The Morgan fingerprint density at radius 1 is 1.17 bits per heavy atom. The van der Waals surface area contributed by atoms with Crippen LogP contribution in [0.1, 0.15) is 38.1 Å². The van der Waals surface area contributed by atoms with Crippen LogP contribution in [0.4, 0.5) is 5.69 Å². The molecule has 0 atom stereocenters. The molecule has 1 aromatic carbocycles.